The second-order valence-electron chi connectivity index (χ2n) is 7.45. The summed E-state index contributed by atoms with van der Waals surface area (Å²) in [7, 11) is 1.88. The molecule has 2 N–H and O–H groups in total. The van der Waals surface area contributed by atoms with Gasteiger partial charge in [-0.1, -0.05) is 51.5 Å². The molecular formula is C18H28N2O. The van der Waals surface area contributed by atoms with Crippen LogP contribution in [0.1, 0.15) is 51.2 Å². The van der Waals surface area contributed by atoms with E-state index in [2.05, 4.69) is 45.0 Å². The Hall–Kier alpha value is -1.35. The van der Waals surface area contributed by atoms with Crippen molar-refractivity contribution in [1.29, 1.82) is 0 Å². The highest BCUT2D eigenvalue weighted by Crippen LogP contribution is 2.41. The zero-order chi connectivity index (χ0) is 15.7. The van der Waals surface area contributed by atoms with Gasteiger partial charge in [-0.3, -0.25) is 4.79 Å². The molecule has 0 unspecified atom stereocenters. The number of carbonyl (C=O) groups is 1. The van der Waals surface area contributed by atoms with Crippen LogP contribution in [0.2, 0.25) is 0 Å². The molecule has 0 aromatic heterocycles. The fourth-order valence-electron chi connectivity index (χ4n) is 2.97. The fraction of sp³-hybridized carbons (Fsp3) is 0.611. The summed E-state index contributed by atoms with van der Waals surface area (Å²) in [5.74, 6) is 0.205. The van der Waals surface area contributed by atoms with Crippen LogP contribution in [-0.4, -0.2) is 24.4 Å². The van der Waals surface area contributed by atoms with Crippen molar-refractivity contribution in [2.75, 3.05) is 13.6 Å². The van der Waals surface area contributed by atoms with Gasteiger partial charge in [0.15, 0.2) is 0 Å². The van der Waals surface area contributed by atoms with Gasteiger partial charge in [0, 0.05) is 20.1 Å². The summed E-state index contributed by atoms with van der Waals surface area (Å²) >= 11 is 0. The Balaban J connectivity index is 2.03. The Labute approximate surface area is 128 Å². The van der Waals surface area contributed by atoms with E-state index in [1.54, 1.807) is 0 Å². The quantitative estimate of drug-likeness (QED) is 0.925. The van der Waals surface area contributed by atoms with E-state index < -0.39 is 0 Å². The van der Waals surface area contributed by atoms with Crippen molar-refractivity contribution in [3.05, 3.63) is 35.4 Å². The Kier molecular flexibility index (Phi) is 4.43. The highest BCUT2D eigenvalue weighted by molar-refractivity contribution is 5.83. The summed E-state index contributed by atoms with van der Waals surface area (Å²) in [6, 6.07) is 8.58. The lowest BCUT2D eigenvalue weighted by Crippen LogP contribution is -2.50. The van der Waals surface area contributed by atoms with Crippen molar-refractivity contribution in [1.82, 2.24) is 4.90 Å². The average Bonchev–Trinajstić information content (AvgIpc) is 2.37. The minimum Gasteiger partial charge on any atom is -0.341 e. The molecule has 0 atom stereocenters. The molecule has 1 aromatic carbocycles. The lowest BCUT2D eigenvalue weighted by molar-refractivity contribution is -0.145. The van der Waals surface area contributed by atoms with Gasteiger partial charge in [-0.05, 0) is 29.4 Å². The van der Waals surface area contributed by atoms with Gasteiger partial charge in [0.25, 0.3) is 0 Å². The largest absolute Gasteiger partial charge is 0.341 e. The number of nitrogens with zero attached hydrogens (tertiary/aromatic N) is 1. The first-order chi connectivity index (χ1) is 9.78. The predicted octanol–water partition coefficient (Wildman–Crippen LogP) is 3.07. The summed E-state index contributed by atoms with van der Waals surface area (Å²) in [6.07, 6.45) is 3.00. The number of hydrogen-bond acceptors (Lipinski definition) is 2. The van der Waals surface area contributed by atoms with Crippen molar-refractivity contribution < 1.29 is 4.79 Å². The Morgan fingerprint density at radius 3 is 2.19 bits per heavy atom. The Morgan fingerprint density at radius 2 is 1.81 bits per heavy atom. The van der Waals surface area contributed by atoms with Crippen molar-refractivity contribution in [2.45, 2.75) is 52.0 Å². The molecule has 0 bridgehead atoms. The van der Waals surface area contributed by atoms with Crippen LogP contribution in [0.4, 0.5) is 0 Å². The van der Waals surface area contributed by atoms with Gasteiger partial charge in [0.2, 0.25) is 5.91 Å². The predicted molar refractivity (Wildman–Crippen MR) is 87.0 cm³/mol. The molecule has 116 valence electrons. The lowest BCUT2D eigenvalue weighted by atomic mass is 9.68. The van der Waals surface area contributed by atoms with E-state index in [1.807, 2.05) is 11.9 Å². The van der Waals surface area contributed by atoms with E-state index in [0.29, 0.717) is 13.1 Å². The van der Waals surface area contributed by atoms with E-state index in [0.717, 1.165) is 19.3 Å². The number of rotatable bonds is 4. The highest BCUT2D eigenvalue weighted by Gasteiger charge is 2.44. The van der Waals surface area contributed by atoms with Crippen LogP contribution in [0.25, 0.3) is 0 Å². The molecule has 3 heteroatoms. The third kappa shape index (κ3) is 3.29. The second kappa shape index (κ2) is 5.80. The van der Waals surface area contributed by atoms with Gasteiger partial charge in [0.05, 0.1) is 5.41 Å². The third-order valence-electron chi connectivity index (χ3n) is 4.74. The van der Waals surface area contributed by atoms with Crippen molar-refractivity contribution >= 4 is 5.91 Å². The summed E-state index contributed by atoms with van der Waals surface area (Å²) < 4.78 is 0. The van der Waals surface area contributed by atoms with Crippen LogP contribution in [-0.2, 0) is 16.8 Å². The molecule has 2 rings (SSSR count). The van der Waals surface area contributed by atoms with E-state index >= 15 is 0 Å². The van der Waals surface area contributed by atoms with Gasteiger partial charge in [-0.15, -0.1) is 0 Å². The first kappa shape index (κ1) is 16.0. The first-order valence-electron chi connectivity index (χ1n) is 7.84. The normalized spacial score (nSPS) is 17.2. The third-order valence-corrected chi connectivity index (χ3v) is 4.74. The van der Waals surface area contributed by atoms with Crippen LogP contribution >= 0.6 is 0 Å². The highest BCUT2D eigenvalue weighted by atomic mass is 16.2. The standard InChI is InChI=1S/C18H28N2O/c1-17(2,3)15-8-6-14(7-9-15)12-20(4)16(21)18(13-19)10-5-11-18/h6-9H,5,10-13,19H2,1-4H3. The van der Waals surface area contributed by atoms with Crippen LogP contribution < -0.4 is 5.73 Å². The van der Waals surface area contributed by atoms with Crippen LogP contribution in [0.3, 0.4) is 0 Å². The van der Waals surface area contributed by atoms with E-state index in [1.165, 1.54) is 11.1 Å². The number of hydrogen-bond donors (Lipinski definition) is 1. The van der Waals surface area contributed by atoms with E-state index in [-0.39, 0.29) is 16.7 Å². The number of carbonyl (C=O) groups excluding carboxylic acids is 1. The molecule has 1 aromatic rings. The van der Waals surface area contributed by atoms with E-state index in [4.69, 9.17) is 5.73 Å². The Bertz CT molecular complexity index is 489. The average molecular weight is 288 g/mol. The van der Waals surface area contributed by atoms with Crippen molar-refractivity contribution in [3.8, 4) is 0 Å². The van der Waals surface area contributed by atoms with Gasteiger partial charge in [0.1, 0.15) is 0 Å². The molecule has 21 heavy (non-hydrogen) atoms. The molecule has 1 aliphatic carbocycles. The SMILES string of the molecule is CN(Cc1ccc(C(C)(C)C)cc1)C(=O)C1(CN)CCC1. The number of benzene rings is 1. The molecule has 0 saturated heterocycles. The molecule has 0 radical (unpaired) electrons. The molecule has 0 heterocycles. The van der Waals surface area contributed by atoms with E-state index in [9.17, 15) is 4.79 Å². The molecular weight excluding hydrogens is 260 g/mol. The zero-order valence-electron chi connectivity index (χ0n) is 13.8. The van der Waals surface area contributed by atoms with Crippen LogP contribution in [0, 0.1) is 5.41 Å². The summed E-state index contributed by atoms with van der Waals surface area (Å²) in [5, 5.41) is 0. The van der Waals surface area contributed by atoms with Crippen LogP contribution in [0.15, 0.2) is 24.3 Å². The smallest absolute Gasteiger partial charge is 0.230 e. The summed E-state index contributed by atoms with van der Waals surface area (Å²) in [6.45, 7) is 7.75. The summed E-state index contributed by atoms with van der Waals surface area (Å²) in [5.41, 5.74) is 8.19. The number of nitrogens with two attached hydrogens (primary N) is 1. The zero-order valence-corrected chi connectivity index (χ0v) is 13.8. The summed E-state index contributed by atoms with van der Waals surface area (Å²) in [4.78, 5) is 14.4. The fourth-order valence-corrected chi connectivity index (χ4v) is 2.97. The van der Waals surface area contributed by atoms with Crippen molar-refractivity contribution in [2.24, 2.45) is 11.1 Å². The van der Waals surface area contributed by atoms with Crippen LogP contribution in [0.5, 0.6) is 0 Å². The number of amides is 1. The van der Waals surface area contributed by atoms with Gasteiger partial charge in [-0.25, -0.2) is 0 Å². The minimum absolute atomic E-state index is 0.162. The molecule has 1 aliphatic rings. The minimum atomic E-state index is -0.278. The first-order valence-corrected chi connectivity index (χ1v) is 7.84. The van der Waals surface area contributed by atoms with Gasteiger partial charge in [-0.2, -0.15) is 0 Å². The monoisotopic (exact) mass is 288 g/mol. The molecule has 1 saturated carbocycles. The maximum Gasteiger partial charge on any atom is 0.230 e. The molecule has 1 amide bonds. The Morgan fingerprint density at radius 1 is 1.24 bits per heavy atom. The van der Waals surface area contributed by atoms with Gasteiger partial charge >= 0.3 is 0 Å². The lowest BCUT2D eigenvalue weighted by Gasteiger charge is -2.41. The van der Waals surface area contributed by atoms with Crippen molar-refractivity contribution in [3.63, 3.8) is 0 Å². The maximum absolute atomic E-state index is 12.6. The molecule has 0 aliphatic heterocycles. The molecule has 3 nitrogen and oxygen atoms in total. The second-order valence-corrected chi connectivity index (χ2v) is 7.45. The topological polar surface area (TPSA) is 46.3 Å². The maximum atomic E-state index is 12.6. The van der Waals surface area contributed by atoms with Gasteiger partial charge < -0.3 is 10.6 Å². The molecule has 1 fully saturated rings. The molecule has 0 spiro atoms.